The first kappa shape index (κ1) is 11.7. The summed E-state index contributed by atoms with van der Waals surface area (Å²) in [5.74, 6) is 0. The first-order valence-corrected chi connectivity index (χ1v) is 3.31. The molecule has 0 aromatic carbocycles. The van der Waals surface area contributed by atoms with Gasteiger partial charge >= 0.3 is 4.96 Å². The molecule has 0 saturated carbocycles. The Bertz CT molecular complexity index is 30.0. The van der Waals surface area contributed by atoms with E-state index in [1.54, 1.807) is 0 Å². The smallest absolute Gasteiger partial charge is 0.312 e. The molecule has 0 unspecified atom stereocenters. The molecule has 0 saturated heterocycles. The van der Waals surface area contributed by atoms with Gasteiger partial charge in [0.1, 0.15) is 0 Å². The van der Waals surface area contributed by atoms with E-state index in [1.807, 2.05) is 26.0 Å². The molecule has 0 aliphatic rings. The average Bonchev–Trinajstić information content (AvgIpc) is 1.25. The third-order valence-corrected chi connectivity index (χ3v) is 0. The Morgan fingerprint density at radius 1 is 1.00 bits per heavy atom. The number of rotatable bonds is 0. The van der Waals surface area contributed by atoms with Crippen LogP contribution >= 0.6 is 34.4 Å². The predicted octanol–water partition coefficient (Wildman–Crippen LogP) is 1.87. The Balaban J connectivity index is 0. The largest absolute Gasteiger partial charge is 0.450 e. The summed E-state index contributed by atoms with van der Waals surface area (Å²) in [6.07, 6.45) is 0. The topological polar surface area (TPSA) is 3.24 Å². The predicted molar refractivity (Wildman–Crippen MR) is 42.9 cm³/mol. The van der Waals surface area contributed by atoms with E-state index in [0.29, 0.717) is 0 Å². The van der Waals surface area contributed by atoms with Gasteiger partial charge < -0.3 is 4.90 Å². The maximum absolute atomic E-state index is 4.81. The van der Waals surface area contributed by atoms with Gasteiger partial charge in [0, 0.05) is 0 Å². The van der Waals surface area contributed by atoms with Gasteiger partial charge in [0.15, 0.2) is 0 Å². The molecule has 0 bridgehead atoms. The highest BCUT2D eigenvalue weighted by molar-refractivity contribution is 7.54. The Morgan fingerprint density at radius 2 is 1.00 bits per heavy atom. The van der Waals surface area contributed by atoms with E-state index in [2.05, 4.69) is 0 Å². The second-order valence-corrected chi connectivity index (χ2v) is 3.57. The molecule has 8 heavy (non-hydrogen) atoms. The zero-order chi connectivity index (χ0) is 7.15. The van der Waals surface area contributed by atoms with Crippen LogP contribution in [0.15, 0.2) is 0 Å². The Morgan fingerprint density at radius 3 is 1.00 bits per heavy atom. The molecule has 0 fully saturated rings. The summed E-state index contributed by atoms with van der Waals surface area (Å²) in [5, 5.41) is 0. The molecule has 0 atom stereocenters. The highest BCUT2D eigenvalue weighted by Crippen LogP contribution is 1.97. The van der Waals surface area contributed by atoms with Crippen LogP contribution in [0.2, 0.25) is 0 Å². The van der Waals surface area contributed by atoms with Crippen LogP contribution in [-0.4, -0.2) is 31.0 Å². The normalized spacial score (nSPS) is 7.88. The van der Waals surface area contributed by atoms with Crippen LogP contribution in [0.5, 0.6) is 0 Å². The third kappa shape index (κ3) is 299. The van der Waals surface area contributed by atoms with Gasteiger partial charge in [0.2, 0.25) is 0 Å². The number of halogens is 3. The lowest BCUT2D eigenvalue weighted by Gasteiger charge is -1.90. The van der Waals surface area contributed by atoms with Crippen LogP contribution < -0.4 is 0 Å². The van der Waals surface area contributed by atoms with Crippen LogP contribution in [0.4, 0.5) is 0 Å². The number of hydrogen-bond acceptors (Lipinski definition) is 1. The molecule has 5 heteroatoms. The van der Waals surface area contributed by atoms with Crippen LogP contribution in [0, 0.1) is 0 Å². The van der Waals surface area contributed by atoms with Crippen LogP contribution in [-0.2, 0) is 0 Å². The summed E-state index contributed by atoms with van der Waals surface area (Å²) in [5.41, 5.74) is 0. The van der Waals surface area contributed by atoms with Crippen molar-refractivity contribution >= 4 is 39.3 Å². The number of hydrogen-bond donors (Lipinski definition) is 0. The van der Waals surface area contributed by atoms with Gasteiger partial charge in [-0.1, -0.05) is 0 Å². The van der Waals surface area contributed by atoms with E-state index in [-0.39, 0.29) is 0 Å². The quantitative estimate of drug-likeness (QED) is 0.509. The fraction of sp³-hybridized carbons (Fsp3) is 1.00. The highest BCUT2D eigenvalue weighted by Gasteiger charge is 1.91. The SMILES string of the molecule is CN(C)C.ClB(Cl)Cl. The van der Waals surface area contributed by atoms with E-state index in [1.165, 1.54) is 0 Å². The van der Waals surface area contributed by atoms with Gasteiger partial charge in [-0.05, 0) is 21.1 Å². The van der Waals surface area contributed by atoms with Crippen molar-refractivity contribution in [2.24, 2.45) is 0 Å². The minimum atomic E-state index is -0.750. The molecular weight excluding hydrogens is 167 g/mol. The van der Waals surface area contributed by atoms with Gasteiger partial charge in [-0.2, -0.15) is 34.4 Å². The van der Waals surface area contributed by atoms with Crippen LogP contribution in [0.3, 0.4) is 0 Å². The molecule has 1 nitrogen and oxygen atoms in total. The minimum Gasteiger partial charge on any atom is -0.312 e. The van der Waals surface area contributed by atoms with Crippen molar-refractivity contribution in [2.45, 2.75) is 0 Å². The van der Waals surface area contributed by atoms with E-state index >= 15 is 0 Å². The van der Waals surface area contributed by atoms with Gasteiger partial charge in [-0.3, -0.25) is 0 Å². The van der Waals surface area contributed by atoms with Gasteiger partial charge in [-0.25, -0.2) is 0 Å². The maximum atomic E-state index is 4.81. The van der Waals surface area contributed by atoms with E-state index < -0.39 is 4.96 Å². The van der Waals surface area contributed by atoms with Crippen molar-refractivity contribution in [3.05, 3.63) is 0 Å². The summed E-state index contributed by atoms with van der Waals surface area (Å²) in [6, 6.07) is 0. The zero-order valence-electron chi connectivity index (χ0n) is 5.16. The Kier molecular flexibility index (Phi) is 11.5. The van der Waals surface area contributed by atoms with E-state index in [9.17, 15) is 0 Å². The first-order chi connectivity index (χ1) is 3.46. The lowest BCUT2D eigenvalue weighted by atomic mass is 10.7. The van der Waals surface area contributed by atoms with Gasteiger partial charge in [0.25, 0.3) is 0 Å². The second-order valence-electron chi connectivity index (χ2n) is 1.59. The fourth-order valence-electron chi connectivity index (χ4n) is 0. The molecular formula is C3H9BCl3N. The Labute approximate surface area is 65.7 Å². The molecule has 0 amide bonds. The Hall–Kier alpha value is 0.895. The summed E-state index contributed by atoms with van der Waals surface area (Å²) < 4.78 is 0. The minimum absolute atomic E-state index is 0.750. The van der Waals surface area contributed by atoms with Crippen molar-refractivity contribution < 1.29 is 0 Å². The van der Waals surface area contributed by atoms with Crippen molar-refractivity contribution in [3.63, 3.8) is 0 Å². The molecule has 0 aliphatic heterocycles. The lowest BCUT2D eigenvalue weighted by molar-refractivity contribution is 0.505. The average molecular weight is 176 g/mol. The fourth-order valence-corrected chi connectivity index (χ4v) is 0. The van der Waals surface area contributed by atoms with E-state index in [0.717, 1.165) is 0 Å². The molecule has 0 aliphatic carbocycles. The third-order valence-electron chi connectivity index (χ3n) is 0. The second kappa shape index (κ2) is 7.89. The van der Waals surface area contributed by atoms with Crippen molar-refractivity contribution in [3.8, 4) is 0 Å². The van der Waals surface area contributed by atoms with Crippen molar-refractivity contribution in [1.82, 2.24) is 4.90 Å². The first-order valence-electron chi connectivity index (χ1n) is 2.00. The standard InChI is InChI=1S/C3H9N.BCl3/c1-4(2)3;2-1(3)4/h1-3H3;. The maximum Gasteiger partial charge on any atom is 0.450 e. The van der Waals surface area contributed by atoms with Crippen LogP contribution in [0.25, 0.3) is 0 Å². The lowest BCUT2D eigenvalue weighted by Crippen LogP contribution is -1.99. The zero-order valence-corrected chi connectivity index (χ0v) is 7.43. The van der Waals surface area contributed by atoms with Crippen molar-refractivity contribution in [2.75, 3.05) is 21.1 Å². The van der Waals surface area contributed by atoms with Gasteiger partial charge in [-0.15, -0.1) is 0 Å². The highest BCUT2D eigenvalue weighted by atomic mass is 35.6. The monoisotopic (exact) mass is 175 g/mol. The molecule has 0 spiro atoms. The molecule has 0 rings (SSSR count). The van der Waals surface area contributed by atoms with Crippen LogP contribution in [0.1, 0.15) is 0 Å². The molecule has 50 valence electrons. The molecule has 0 heterocycles. The molecule has 0 N–H and O–H groups in total. The van der Waals surface area contributed by atoms with E-state index in [4.69, 9.17) is 34.4 Å². The summed E-state index contributed by atoms with van der Waals surface area (Å²) in [7, 11) is 6.00. The molecule has 0 aromatic heterocycles. The summed E-state index contributed by atoms with van der Waals surface area (Å²) in [4.78, 5) is 1.25. The van der Waals surface area contributed by atoms with Crippen molar-refractivity contribution in [1.29, 1.82) is 0 Å². The molecule has 0 aromatic rings. The summed E-state index contributed by atoms with van der Waals surface area (Å²) in [6.45, 7) is 0. The summed E-state index contributed by atoms with van der Waals surface area (Å²) >= 11 is 14.4. The number of nitrogens with zero attached hydrogens (tertiary/aromatic N) is 1. The molecule has 0 radical (unpaired) electrons. The van der Waals surface area contributed by atoms with Gasteiger partial charge in [0.05, 0.1) is 0 Å².